The normalized spacial score (nSPS) is 15.4. The number of hydrogen-bond donors (Lipinski definition) is 2. The number of fused-ring (bicyclic) bond motifs is 1. The second kappa shape index (κ2) is 8.07. The molecule has 0 bridgehead atoms. The van der Waals surface area contributed by atoms with Crippen molar-refractivity contribution in [1.82, 2.24) is 30.4 Å². The molecule has 2 aromatic heterocycles. The predicted molar refractivity (Wildman–Crippen MR) is 105 cm³/mol. The Hall–Kier alpha value is -3.10. The lowest BCUT2D eigenvalue weighted by Crippen LogP contribution is -2.36. The topological polar surface area (TPSA) is 91.3 Å². The van der Waals surface area contributed by atoms with E-state index in [-0.39, 0.29) is 0 Å². The molecule has 1 aliphatic rings. The quantitative estimate of drug-likeness (QED) is 0.513. The first-order chi connectivity index (χ1) is 13.3. The molecular weight excluding hydrogens is 342 g/mol. The van der Waals surface area contributed by atoms with Crippen molar-refractivity contribution in [2.75, 3.05) is 33.0 Å². The summed E-state index contributed by atoms with van der Waals surface area (Å²) in [5, 5.41) is 11.5. The number of rotatable bonds is 6. The van der Waals surface area contributed by atoms with Crippen LogP contribution in [0.25, 0.3) is 27.9 Å². The Morgan fingerprint density at radius 1 is 1.33 bits per heavy atom. The lowest BCUT2D eigenvalue weighted by molar-refractivity contribution is 0.0394. The van der Waals surface area contributed by atoms with Crippen LogP contribution in [0, 0.1) is 0 Å². The van der Waals surface area contributed by atoms with Crippen LogP contribution in [0.3, 0.4) is 0 Å². The number of hydrogen-bond acceptors (Lipinski definition) is 6. The van der Waals surface area contributed by atoms with Gasteiger partial charge in [-0.15, -0.1) is 0 Å². The van der Waals surface area contributed by atoms with E-state index in [0.29, 0.717) is 12.4 Å². The summed E-state index contributed by atoms with van der Waals surface area (Å²) in [6.45, 7) is 8.08. The van der Waals surface area contributed by atoms with Gasteiger partial charge >= 0.3 is 0 Å². The molecule has 8 heteroatoms. The van der Waals surface area contributed by atoms with E-state index in [1.54, 1.807) is 24.9 Å². The summed E-state index contributed by atoms with van der Waals surface area (Å²) in [5.74, 6) is 0. The van der Waals surface area contributed by atoms with E-state index in [0.717, 1.165) is 54.2 Å². The highest BCUT2D eigenvalue weighted by molar-refractivity contribution is 5.93. The molecule has 1 aromatic carbocycles. The molecule has 3 aromatic rings. The van der Waals surface area contributed by atoms with Crippen LogP contribution in [0.4, 0.5) is 0 Å². The highest BCUT2D eigenvalue weighted by Crippen LogP contribution is 2.25. The van der Waals surface area contributed by atoms with Crippen LogP contribution in [0.15, 0.2) is 48.4 Å². The van der Waals surface area contributed by atoms with Crippen molar-refractivity contribution in [3.8, 4) is 11.3 Å². The van der Waals surface area contributed by atoms with E-state index in [4.69, 9.17) is 4.74 Å². The van der Waals surface area contributed by atoms with Gasteiger partial charge in [-0.05, 0) is 12.1 Å². The van der Waals surface area contributed by atoms with E-state index < -0.39 is 0 Å². The average molecular weight is 363 g/mol. The first kappa shape index (κ1) is 17.3. The highest BCUT2D eigenvalue weighted by Gasteiger charge is 2.11. The Balaban J connectivity index is 1.46. The summed E-state index contributed by atoms with van der Waals surface area (Å²) in [5.41, 5.74) is 4.17. The van der Waals surface area contributed by atoms with Gasteiger partial charge in [0, 0.05) is 36.4 Å². The Bertz CT molecular complexity index is 945. The van der Waals surface area contributed by atoms with E-state index in [1.807, 2.05) is 18.2 Å². The summed E-state index contributed by atoms with van der Waals surface area (Å²) in [6.07, 6.45) is 6.76. The van der Waals surface area contributed by atoms with Crippen molar-refractivity contribution in [2.45, 2.75) is 0 Å². The van der Waals surface area contributed by atoms with Gasteiger partial charge in [-0.3, -0.25) is 25.0 Å². The number of ether oxygens (including phenoxy) is 1. The Kier molecular flexibility index (Phi) is 5.17. The van der Waals surface area contributed by atoms with Gasteiger partial charge in [0.05, 0.1) is 49.3 Å². The number of morpholine rings is 1. The minimum Gasteiger partial charge on any atom is -0.379 e. The third-order valence-corrected chi connectivity index (χ3v) is 4.42. The van der Waals surface area contributed by atoms with Crippen LogP contribution in [-0.2, 0) is 4.74 Å². The van der Waals surface area contributed by atoms with Gasteiger partial charge in [-0.1, -0.05) is 12.6 Å². The van der Waals surface area contributed by atoms with Gasteiger partial charge in [-0.2, -0.15) is 5.10 Å². The summed E-state index contributed by atoms with van der Waals surface area (Å²) in [6, 6.07) is 6.01. The zero-order valence-corrected chi connectivity index (χ0v) is 14.9. The van der Waals surface area contributed by atoms with E-state index in [9.17, 15) is 0 Å². The van der Waals surface area contributed by atoms with Gasteiger partial charge in [-0.25, -0.2) is 0 Å². The van der Waals surface area contributed by atoms with Gasteiger partial charge < -0.3 is 10.1 Å². The molecule has 0 radical (unpaired) electrons. The van der Waals surface area contributed by atoms with Crippen LogP contribution < -0.4 is 5.32 Å². The van der Waals surface area contributed by atoms with E-state index >= 15 is 0 Å². The number of aromatic nitrogens is 4. The molecule has 0 amide bonds. The lowest BCUT2D eigenvalue weighted by Gasteiger charge is -2.24. The SMILES string of the molecule is C=C(NC=NCN1CCOCC1)c1n[nH]c2ccc(-c3cnccn3)cc12. The molecule has 1 saturated heterocycles. The van der Waals surface area contributed by atoms with E-state index in [2.05, 4.69) is 42.0 Å². The highest BCUT2D eigenvalue weighted by atomic mass is 16.5. The zero-order chi connectivity index (χ0) is 18.5. The number of aliphatic imine (C=N–C) groups is 1. The minimum atomic E-state index is 0.641. The number of benzene rings is 1. The summed E-state index contributed by atoms with van der Waals surface area (Å²) in [7, 11) is 0. The van der Waals surface area contributed by atoms with Gasteiger partial charge in [0.15, 0.2) is 0 Å². The van der Waals surface area contributed by atoms with Crippen molar-refractivity contribution >= 4 is 22.9 Å². The first-order valence-corrected chi connectivity index (χ1v) is 8.80. The molecule has 0 unspecified atom stereocenters. The number of H-pyrrole nitrogens is 1. The van der Waals surface area contributed by atoms with Crippen LogP contribution in [0.5, 0.6) is 0 Å². The molecule has 2 N–H and O–H groups in total. The van der Waals surface area contributed by atoms with Crippen molar-refractivity contribution in [2.24, 2.45) is 4.99 Å². The molecule has 0 aliphatic carbocycles. The van der Waals surface area contributed by atoms with Crippen molar-refractivity contribution in [3.63, 3.8) is 0 Å². The van der Waals surface area contributed by atoms with Crippen molar-refractivity contribution in [3.05, 3.63) is 49.1 Å². The Morgan fingerprint density at radius 2 is 2.22 bits per heavy atom. The minimum absolute atomic E-state index is 0.641. The molecule has 8 nitrogen and oxygen atoms in total. The Morgan fingerprint density at radius 3 is 3.04 bits per heavy atom. The largest absolute Gasteiger partial charge is 0.379 e. The molecule has 1 aliphatic heterocycles. The third kappa shape index (κ3) is 4.02. The van der Waals surface area contributed by atoms with Crippen LogP contribution in [0.2, 0.25) is 0 Å². The van der Waals surface area contributed by atoms with Gasteiger partial charge in [0.1, 0.15) is 5.69 Å². The fraction of sp³-hybridized carbons (Fsp3) is 0.263. The average Bonchev–Trinajstić information content (AvgIpc) is 3.16. The summed E-state index contributed by atoms with van der Waals surface area (Å²) in [4.78, 5) is 15.1. The van der Waals surface area contributed by atoms with Gasteiger partial charge in [0.25, 0.3) is 0 Å². The number of aromatic amines is 1. The number of nitrogens with zero attached hydrogens (tertiary/aromatic N) is 5. The summed E-state index contributed by atoms with van der Waals surface area (Å²) >= 11 is 0. The molecule has 3 heterocycles. The molecule has 1 fully saturated rings. The molecule has 138 valence electrons. The lowest BCUT2D eigenvalue weighted by atomic mass is 10.1. The second-order valence-corrected chi connectivity index (χ2v) is 6.23. The standard InChI is InChI=1S/C19H21N7O/c1-14(23-12-21-13-26-6-8-27-9-7-26)19-16-10-15(2-3-17(16)24-25-19)18-11-20-4-5-22-18/h2-5,10-12H,1,6-9,13H2,(H,21,23)(H,24,25). The Labute approximate surface area is 157 Å². The molecule has 0 atom stereocenters. The monoisotopic (exact) mass is 363 g/mol. The fourth-order valence-corrected chi connectivity index (χ4v) is 2.94. The molecule has 0 saturated carbocycles. The fourth-order valence-electron chi connectivity index (χ4n) is 2.94. The maximum atomic E-state index is 5.33. The van der Waals surface area contributed by atoms with Crippen molar-refractivity contribution < 1.29 is 4.74 Å². The van der Waals surface area contributed by atoms with Crippen LogP contribution >= 0.6 is 0 Å². The first-order valence-electron chi connectivity index (χ1n) is 8.80. The second-order valence-electron chi connectivity index (χ2n) is 6.23. The maximum absolute atomic E-state index is 5.33. The molecule has 4 rings (SSSR count). The molecule has 0 spiro atoms. The third-order valence-electron chi connectivity index (χ3n) is 4.42. The van der Waals surface area contributed by atoms with Crippen LogP contribution in [-0.4, -0.2) is 64.4 Å². The van der Waals surface area contributed by atoms with E-state index in [1.165, 1.54) is 0 Å². The predicted octanol–water partition coefficient (Wildman–Crippen LogP) is 1.90. The van der Waals surface area contributed by atoms with Crippen molar-refractivity contribution in [1.29, 1.82) is 0 Å². The van der Waals surface area contributed by atoms with Gasteiger partial charge in [0.2, 0.25) is 0 Å². The maximum Gasteiger partial charge on any atom is 0.116 e. The summed E-state index contributed by atoms with van der Waals surface area (Å²) < 4.78 is 5.33. The smallest absolute Gasteiger partial charge is 0.116 e. The molecule has 27 heavy (non-hydrogen) atoms. The molecular formula is C19H21N7O. The van der Waals surface area contributed by atoms with Crippen LogP contribution in [0.1, 0.15) is 5.69 Å². The zero-order valence-electron chi connectivity index (χ0n) is 14.9. The number of nitrogens with one attached hydrogen (secondary N) is 2.